The van der Waals surface area contributed by atoms with Crippen molar-refractivity contribution in [1.29, 1.82) is 0 Å². The molecule has 116 valence electrons. The van der Waals surface area contributed by atoms with Crippen LogP contribution in [-0.2, 0) is 17.6 Å². The average molecular weight is 287 g/mol. The molecule has 1 atom stereocenters. The Morgan fingerprint density at radius 1 is 1.19 bits per heavy atom. The van der Waals surface area contributed by atoms with Gasteiger partial charge in [-0.05, 0) is 81.0 Å². The van der Waals surface area contributed by atoms with Gasteiger partial charge in [-0.1, -0.05) is 18.2 Å². The minimum Gasteiger partial charge on any atom is -0.381 e. The van der Waals surface area contributed by atoms with Crippen molar-refractivity contribution in [2.75, 3.05) is 19.8 Å². The van der Waals surface area contributed by atoms with Gasteiger partial charge in [-0.15, -0.1) is 0 Å². The lowest BCUT2D eigenvalue weighted by Crippen LogP contribution is -2.21. The predicted octanol–water partition coefficient (Wildman–Crippen LogP) is 4.03. The fourth-order valence-corrected chi connectivity index (χ4v) is 3.17. The molecule has 0 amide bonds. The van der Waals surface area contributed by atoms with Gasteiger partial charge >= 0.3 is 0 Å². The van der Waals surface area contributed by atoms with E-state index >= 15 is 0 Å². The fraction of sp³-hybridized carbons (Fsp3) is 0.684. The van der Waals surface area contributed by atoms with Crippen molar-refractivity contribution in [2.24, 2.45) is 5.92 Å². The van der Waals surface area contributed by atoms with Crippen molar-refractivity contribution < 1.29 is 4.74 Å². The van der Waals surface area contributed by atoms with Crippen molar-refractivity contribution in [1.82, 2.24) is 5.32 Å². The van der Waals surface area contributed by atoms with Crippen molar-refractivity contribution in [3.8, 4) is 0 Å². The number of nitrogens with one attached hydrogen (secondary N) is 1. The second kappa shape index (κ2) is 7.42. The molecule has 0 radical (unpaired) electrons. The highest BCUT2D eigenvalue weighted by atomic mass is 16.5. The van der Waals surface area contributed by atoms with Crippen LogP contribution in [0.15, 0.2) is 18.2 Å². The van der Waals surface area contributed by atoms with Gasteiger partial charge in [0.2, 0.25) is 0 Å². The van der Waals surface area contributed by atoms with Gasteiger partial charge in [0.15, 0.2) is 0 Å². The molecule has 2 heteroatoms. The number of hydrogen-bond donors (Lipinski definition) is 1. The molecule has 2 nitrogen and oxygen atoms in total. The normalized spacial score (nSPS) is 19.3. The summed E-state index contributed by atoms with van der Waals surface area (Å²) in [5.41, 5.74) is 4.60. The summed E-state index contributed by atoms with van der Waals surface area (Å²) in [6.45, 7) is 5.21. The molecule has 0 heterocycles. The number of benzene rings is 1. The summed E-state index contributed by atoms with van der Waals surface area (Å²) in [7, 11) is 0. The van der Waals surface area contributed by atoms with E-state index in [4.69, 9.17) is 4.74 Å². The Morgan fingerprint density at radius 2 is 2.00 bits per heavy atom. The molecule has 1 N–H and O–H groups in total. The molecule has 1 unspecified atom stereocenters. The largest absolute Gasteiger partial charge is 0.381 e. The van der Waals surface area contributed by atoms with E-state index in [-0.39, 0.29) is 0 Å². The highest BCUT2D eigenvalue weighted by Gasteiger charge is 2.20. The zero-order valence-electron chi connectivity index (χ0n) is 13.4. The minimum absolute atomic E-state index is 0.445. The summed E-state index contributed by atoms with van der Waals surface area (Å²) < 4.78 is 5.68. The summed E-state index contributed by atoms with van der Waals surface area (Å²) in [5.74, 6) is 0.882. The molecule has 3 rings (SSSR count). The third-order valence-corrected chi connectivity index (χ3v) is 4.84. The second-order valence-electron chi connectivity index (χ2n) is 6.78. The van der Waals surface area contributed by atoms with E-state index in [1.165, 1.54) is 44.1 Å². The van der Waals surface area contributed by atoms with Crippen LogP contribution in [0.1, 0.15) is 61.8 Å². The van der Waals surface area contributed by atoms with E-state index in [1.54, 1.807) is 11.1 Å². The van der Waals surface area contributed by atoms with Crippen molar-refractivity contribution in [3.05, 3.63) is 34.9 Å². The quantitative estimate of drug-likeness (QED) is 0.729. The van der Waals surface area contributed by atoms with Crippen LogP contribution in [0.25, 0.3) is 0 Å². The fourth-order valence-electron chi connectivity index (χ4n) is 3.17. The van der Waals surface area contributed by atoms with Gasteiger partial charge < -0.3 is 10.1 Å². The molecule has 0 aromatic heterocycles. The first-order chi connectivity index (χ1) is 10.3. The van der Waals surface area contributed by atoms with Crippen LogP contribution < -0.4 is 5.32 Å². The number of hydrogen-bond acceptors (Lipinski definition) is 2. The molecule has 21 heavy (non-hydrogen) atoms. The number of ether oxygens (including phenoxy) is 1. The van der Waals surface area contributed by atoms with E-state index in [0.29, 0.717) is 6.04 Å². The van der Waals surface area contributed by atoms with Gasteiger partial charge in [-0.3, -0.25) is 0 Å². The van der Waals surface area contributed by atoms with E-state index < -0.39 is 0 Å². The highest BCUT2D eigenvalue weighted by molar-refractivity contribution is 5.35. The first-order valence-corrected chi connectivity index (χ1v) is 8.76. The molecule has 0 saturated heterocycles. The lowest BCUT2D eigenvalue weighted by atomic mass is 9.89. The van der Waals surface area contributed by atoms with Gasteiger partial charge in [-0.25, -0.2) is 0 Å². The Kier molecular flexibility index (Phi) is 5.32. The summed E-state index contributed by atoms with van der Waals surface area (Å²) in [6, 6.07) is 7.53. The van der Waals surface area contributed by atoms with Gasteiger partial charge in [0, 0.05) is 19.3 Å². The molecule has 2 aliphatic carbocycles. The standard InChI is InChI=1S/C19H29NO/c1-15(20-11-4-12-21-14-16-7-8-16)18-10-9-17-5-2-3-6-19(17)13-18/h9-10,13,15-16,20H,2-8,11-12,14H2,1H3. The molecule has 0 bridgehead atoms. The summed E-state index contributed by atoms with van der Waals surface area (Å²) in [4.78, 5) is 0. The van der Waals surface area contributed by atoms with Crippen LogP contribution in [0.3, 0.4) is 0 Å². The third kappa shape index (κ3) is 4.55. The lowest BCUT2D eigenvalue weighted by molar-refractivity contribution is 0.121. The maximum absolute atomic E-state index is 5.68. The molecule has 2 aliphatic rings. The lowest BCUT2D eigenvalue weighted by Gasteiger charge is -2.20. The summed E-state index contributed by atoms with van der Waals surface area (Å²) in [6.07, 6.45) is 9.14. The Labute approximate surface area is 129 Å². The van der Waals surface area contributed by atoms with Gasteiger partial charge in [0.1, 0.15) is 0 Å². The van der Waals surface area contributed by atoms with Gasteiger partial charge in [0.05, 0.1) is 0 Å². The average Bonchev–Trinajstić information content (AvgIpc) is 3.34. The minimum atomic E-state index is 0.445. The Morgan fingerprint density at radius 3 is 2.81 bits per heavy atom. The van der Waals surface area contributed by atoms with E-state index in [1.807, 2.05) is 0 Å². The molecule has 1 aromatic carbocycles. The van der Waals surface area contributed by atoms with Gasteiger partial charge in [0.25, 0.3) is 0 Å². The Hall–Kier alpha value is -0.860. The number of rotatable bonds is 8. The van der Waals surface area contributed by atoms with Crippen LogP contribution in [0.5, 0.6) is 0 Å². The van der Waals surface area contributed by atoms with Crippen LogP contribution in [0, 0.1) is 5.92 Å². The summed E-state index contributed by atoms with van der Waals surface area (Å²) in [5, 5.41) is 3.63. The topological polar surface area (TPSA) is 21.3 Å². The zero-order valence-corrected chi connectivity index (χ0v) is 13.4. The summed E-state index contributed by atoms with van der Waals surface area (Å²) >= 11 is 0. The first-order valence-electron chi connectivity index (χ1n) is 8.76. The van der Waals surface area contributed by atoms with Crippen molar-refractivity contribution in [3.63, 3.8) is 0 Å². The second-order valence-corrected chi connectivity index (χ2v) is 6.78. The number of fused-ring (bicyclic) bond motifs is 1. The Bertz CT molecular complexity index is 453. The van der Waals surface area contributed by atoms with Crippen LogP contribution in [0.4, 0.5) is 0 Å². The maximum Gasteiger partial charge on any atom is 0.0494 e. The van der Waals surface area contributed by atoms with Crippen LogP contribution in [-0.4, -0.2) is 19.8 Å². The third-order valence-electron chi connectivity index (χ3n) is 4.84. The van der Waals surface area contributed by atoms with Crippen molar-refractivity contribution in [2.45, 2.75) is 57.9 Å². The van der Waals surface area contributed by atoms with Gasteiger partial charge in [-0.2, -0.15) is 0 Å². The first kappa shape index (κ1) is 15.1. The molecule has 0 spiro atoms. The highest BCUT2D eigenvalue weighted by Crippen LogP contribution is 2.28. The monoisotopic (exact) mass is 287 g/mol. The molecule has 0 aliphatic heterocycles. The molecule has 1 saturated carbocycles. The van der Waals surface area contributed by atoms with E-state index in [0.717, 1.165) is 32.1 Å². The molecule has 1 fully saturated rings. The molecule has 1 aromatic rings. The maximum atomic E-state index is 5.68. The van der Waals surface area contributed by atoms with Crippen LogP contribution in [0.2, 0.25) is 0 Å². The Balaban J connectivity index is 1.38. The smallest absolute Gasteiger partial charge is 0.0494 e. The molecular formula is C19H29NO. The number of aryl methyl sites for hydroxylation is 2. The van der Waals surface area contributed by atoms with Crippen LogP contribution >= 0.6 is 0 Å². The van der Waals surface area contributed by atoms with Crippen molar-refractivity contribution >= 4 is 0 Å². The van der Waals surface area contributed by atoms with E-state index in [2.05, 4.69) is 30.4 Å². The van der Waals surface area contributed by atoms with E-state index in [9.17, 15) is 0 Å². The zero-order chi connectivity index (χ0) is 14.5. The predicted molar refractivity (Wildman–Crippen MR) is 87.7 cm³/mol. The SMILES string of the molecule is CC(NCCCOCC1CC1)c1ccc2c(c1)CCCC2. The molecular weight excluding hydrogens is 258 g/mol.